The van der Waals surface area contributed by atoms with Crippen molar-refractivity contribution in [1.82, 2.24) is 0 Å². The van der Waals surface area contributed by atoms with Crippen molar-refractivity contribution in [2.75, 3.05) is 0 Å². The molecule has 0 amide bonds. The quantitative estimate of drug-likeness (QED) is 0.580. The number of carbonyl (C=O) groups excluding carboxylic acids is 1. The number of hydrogen-bond acceptors (Lipinski definition) is 1. The molecular weight excluding hydrogens is 172 g/mol. The Morgan fingerprint density at radius 2 is 2.36 bits per heavy atom. The van der Waals surface area contributed by atoms with Crippen molar-refractivity contribution >= 4 is 5.78 Å². The van der Waals surface area contributed by atoms with Gasteiger partial charge in [-0.2, -0.15) is 0 Å². The van der Waals surface area contributed by atoms with E-state index in [4.69, 9.17) is 0 Å². The highest BCUT2D eigenvalue weighted by atomic mass is 16.1. The lowest BCUT2D eigenvalue weighted by atomic mass is 9.63. The Bertz CT molecular complexity index is 300. The normalized spacial score (nSPS) is 37.4. The number of allylic oxidation sites excluding steroid dienone is 3. The van der Waals surface area contributed by atoms with Gasteiger partial charge in [0, 0.05) is 6.42 Å². The summed E-state index contributed by atoms with van der Waals surface area (Å²) in [5.74, 6) is 0.986. The van der Waals surface area contributed by atoms with Gasteiger partial charge in [-0.25, -0.2) is 0 Å². The average molecular weight is 190 g/mol. The predicted octanol–water partition coefficient (Wildman–Crippen LogP) is 3.27. The van der Waals surface area contributed by atoms with Gasteiger partial charge in [-0.15, -0.1) is 6.58 Å². The van der Waals surface area contributed by atoms with E-state index in [1.165, 1.54) is 18.4 Å². The molecule has 1 heteroatoms. The Balaban J connectivity index is 2.24. The molecule has 1 nitrogen and oxygen atoms in total. The largest absolute Gasteiger partial charge is 0.295 e. The van der Waals surface area contributed by atoms with Crippen molar-refractivity contribution in [3.63, 3.8) is 0 Å². The third-order valence-corrected chi connectivity index (χ3v) is 3.86. The van der Waals surface area contributed by atoms with Crippen LogP contribution in [0.4, 0.5) is 0 Å². The molecule has 76 valence electrons. The van der Waals surface area contributed by atoms with Crippen LogP contribution in [0.25, 0.3) is 0 Å². The van der Waals surface area contributed by atoms with Gasteiger partial charge in [0.15, 0.2) is 5.78 Å². The van der Waals surface area contributed by atoms with Crippen LogP contribution in [0.3, 0.4) is 0 Å². The van der Waals surface area contributed by atoms with E-state index in [0.29, 0.717) is 17.1 Å². The van der Waals surface area contributed by atoms with Gasteiger partial charge < -0.3 is 0 Å². The molecule has 2 rings (SSSR count). The highest BCUT2D eigenvalue weighted by Gasteiger charge is 2.37. The van der Waals surface area contributed by atoms with Crippen LogP contribution in [0.15, 0.2) is 24.3 Å². The maximum atomic E-state index is 11.3. The van der Waals surface area contributed by atoms with E-state index < -0.39 is 0 Å². The van der Waals surface area contributed by atoms with E-state index >= 15 is 0 Å². The second kappa shape index (κ2) is 3.38. The highest BCUT2D eigenvalue weighted by Crippen LogP contribution is 2.48. The highest BCUT2D eigenvalue weighted by molar-refractivity contribution is 5.91. The molecule has 1 saturated carbocycles. The van der Waals surface area contributed by atoms with E-state index in [-0.39, 0.29) is 0 Å². The zero-order valence-corrected chi connectivity index (χ0v) is 8.88. The first-order valence-electron chi connectivity index (χ1n) is 5.50. The monoisotopic (exact) mass is 190 g/mol. The summed E-state index contributed by atoms with van der Waals surface area (Å²) in [6.45, 7) is 6.19. The zero-order valence-electron chi connectivity index (χ0n) is 8.88. The van der Waals surface area contributed by atoms with Gasteiger partial charge in [0.1, 0.15) is 0 Å². The molecule has 14 heavy (non-hydrogen) atoms. The van der Waals surface area contributed by atoms with Gasteiger partial charge in [0.2, 0.25) is 0 Å². The lowest BCUT2D eigenvalue weighted by Gasteiger charge is -2.41. The van der Waals surface area contributed by atoms with Crippen molar-refractivity contribution in [2.24, 2.45) is 11.3 Å². The molecule has 0 aliphatic heterocycles. The SMILES string of the molecule is C=C[C@@H]1CCC2=CC(=O)CC[C@]2(C)C1. The summed E-state index contributed by atoms with van der Waals surface area (Å²) in [5, 5.41) is 0. The zero-order chi connectivity index (χ0) is 10.2. The van der Waals surface area contributed by atoms with Crippen LogP contribution in [0.2, 0.25) is 0 Å². The lowest BCUT2D eigenvalue weighted by Crippen LogP contribution is -2.31. The molecular formula is C13H18O. The Labute approximate surface area is 85.9 Å². The fourth-order valence-corrected chi connectivity index (χ4v) is 2.83. The molecule has 2 aliphatic carbocycles. The minimum absolute atomic E-state index is 0.297. The minimum atomic E-state index is 0.297. The van der Waals surface area contributed by atoms with Gasteiger partial charge in [-0.3, -0.25) is 4.79 Å². The van der Waals surface area contributed by atoms with Crippen LogP contribution in [-0.2, 0) is 4.79 Å². The molecule has 0 bridgehead atoms. The van der Waals surface area contributed by atoms with Crippen molar-refractivity contribution < 1.29 is 4.79 Å². The molecule has 0 aromatic heterocycles. The molecule has 0 unspecified atom stereocenters. The van der Waals surface area contributed by atoms with Crippen LogP contribution in [0.5, 0.6) is 0 Å². The molecule has 0 radical (unpaired) electrons. The summed E-state index contributed by atoms with van der Waals surface area (Å²) in [6, 6.07) is 0. The van der Waals surface area contributed by atoms with Gasteiger partial charge in [0.25, 0.3) is 0 Å². The van der Waals surface area contributed by atoms with Gasteiger partial charge in [-0.1, -0.05) is 18.6 Å². The summed E-state index contributed by atoms with van der Waals surface area (Å²) in [7, 11) is 0. The van der Waals surface area contributed by atoms with E-state index in [2.05, 4.69) is 19.6 Å². The molecule has 2 aliphatic rings. The number of carbonyl (C=O) groups is 1. The summed E-state index contributed by atoms with van der Waals surface area (Å²) in [6.07, 6.45) is 9.24. The Morgan fingerprint density at radius 3 is 3.07 bits per heavy atom. The lowest BCUT2D eigenvalue weighted by molar-refractivity contribution is -0.115. The topological polar surface area (TPSA) is 17.1 Å². The summed E-state index contributed by atoms with van der Waals surface area (Å²) in [5.41, 5.74) is 1.69. The van der Waals surface area contributed by atoms with E-state index in [0.717, 1.165) is 19.3 Å². The minimum Gasteiger partial charge on any atom is -0.295 e. The van der Waals surface area contributed by atoms with Crippen molar-refractivity contribution in [3.8, 4) is 0 Å². The number of rotatable bonds is 1. The van der Waals surface area contributed by atoms with Crippen molar-refractivity contribution in [1.29, 1.82) is 0 Å². The van der Waals surface area contributed by atoms with Crippen LogP contribution >= 0.6 is 0 Å². The summed E-state index contributed by atoms with van der Waals surface area (Å²) in [4.78, 5) is 11.3. The molecule has 2 atom stereocenters. The first kappa shape index (κ1) is 9.70. The van der Waals surface area contributed by atoms with Gasteiger partial charge >= 0.3 is 0 Å². The molecule has 0 N–H and O–H groups in total. The molecule has 0 spiro atoms. The smallest absolute Gasteiger partial charge is 0.155 e. The van der Waals surface area contributed by atoms with Crippen LogP contribution < -0.4 is 0 Å². The van der Waals surface area contributed by atoms with Crippen molar-refractivity contribution in [3.05, 3.63) is 24.3 Å². The maximum Gasteiger partial charge on any atom is 0.155 e. The maximum absolute atomic E-state index is 11.3. The molecule has 0 aromatic rings. The van der Waals surface area contributed by atoms with Gasteiger partial charge in [-0.05, 0) is 43.1 Å². The molecule has 0 aromatic carbocycles. The van der Waals surface area contributed by atoms with E-state index in [1.807, 2.05) is 6.08 Å². The standard InChI is InChI=1S/C13H18O/c1-3-10-4-5-11-8-12(14)6-7-13(11,2)9-10/h3,8,10H,1,4-7,9H2,2H3/t10-,13-/m1/s1. The average Bonchev–Trinajstić information content (AvgIpc) is 2.18. The fourth-order valence-electron chi connectivity index (χ4n) is 2.83. The number of ketones is 1. The Morgan fingerprint density at radius 1 is 1.57 bits per heavy atom. The molecule has 1 fully saturated rings. The molecule has 0 heterocycles. The second-order valence-corrected chi connectivity index (χ2v) is 4.94. The van der Waals surface area contributed by atoms with Crippen LogP contribution in [0.1, 0.15) is 39.0 Å². The van der Waals surface area contributed by atoms with Crippen molar-refractivity contribution in [2.45, 2.75) is 39.0 Å². The second-order valence-electron chi connectivity index (χ2n) is 4.94. The summed E-state index contributed by atoms with van der Waals surface area (Å²) < 4.78 is 0. The van der Waals surface area contributed by atoms with Crippen LogP contribution in [0, 0.1) is 11.3 Å². The fraction of sp³-hybridized carbons (Fsp3) is 0.615. The third-order valence-electron chi connectivity index (χ3n) is 3.86. The third kappa shape index (κ3) is 1.56. The number of fused-ring (bicyclic) bond motifs is 1. The Kier molecular flexibility index (Phi) is 2.34. The first-order valence-corrected chi connectivity index (χ1v) is 5.50. The van der Waals surface area contributed by atoms with E-state index in [9.17, 15) is 4.79 Å². The van der Waals surface area contributed by atoms with Gasteiger partial charge in [0.05, 0.1) is 0 Å². The first-order chi connectivity index (χ1) is 6.64. The molecule has 0 saturated heterocycles. The summed E-state index contributed by atoms with van der Waals surface area (Å²) >= 11 is 0. The predicted molar refractivity (Wildman–Crippen MR) is 58.0 cm³/mol. The Hall–Kier alpha value is -0.850. The van der Waals surface area contributed by atoms with Crippen LogP contribution in [-0.4, -0.2) is 5.78 Å². The van der Waals surface area contributed by atoms with E-state index in [1.54, 1.807) is 0 Å². The number of hydrogen-bond donors (Lipinski definition) is 0.